The summed E-state index contributed by atoms with van der Waals surface area (Å²) in [5, 5.41) is 10.6. The van der Waals surface area contributed by atoms with Gasteiger partial charge in [0.25, 0.3) is 0 Å². The van der Waals surface area contributed by atoms with Crippen LogP contribution in [0.4, 0.5) is 0 Å². The van der Waals surface area contributed by atoms with E-state index in [0.29, 0.717) is 0 Å². The first-order valence-corrected chi connectivity index (χ1v) is 11.4. The molecule has 164 valence electrons. The molecule has 7 N–H and O–H groups in total. The molecule has 0 rings (SSSR count). The van der Waals surface area contributed by atoms with E-state index in [4.69, 9.17) is 0 Å². The first kappa shape index (κ1) is 26.7. The van der Waals surface area contributed by atoms with Gasteiger partial charge in [-0.3, -0.25) is 21.7 Å². The topological polar surface area (TPSA) is 84.2 Å². The second-order valence-electron chi connectivity index (χ2n) is 6.99. The van der Waals surface area contributed by atoms with Gasteiger partial charge >= 0.3 is 0 Å². The van der Waals surface area contributed by atoms with E-state index in [9.17, 15) is 0 Å². The van der Waals surface area contributed by atoms with Gasteiger partial charge in [-0.2, -0.15) is 0 Å². The van der Waals surface area contributed by atoms with E-state index in [1.807, 2.05) is 0 Å². The van der Waals surface area contributed by atoms with Crippen molar-refractivity contribution in [3.8, 4) is 0 Å². The number of hydrogen-bond acceptors (Lipinski definition) is 7. The van der Waals surface area contributed by atoms with Crippen LogP contribution in [-0.2, 0) is 0 Å². The van der Waals surface area contributed by atoms with Crippen molar-refractivity contribution in [2.75, 3.05) is 65.4 Å². The number of unbranched alkanes of at least 4 members (excludes halogenated alkanes) is 4. The van der Waals surface area contributed by atoms with Gasteiger partial charge in [-0.05, 0) is 90.6 Å². The molecule has 0 aromatic carbocycles. The van der Waals surface area contributed by atoms with Gasteiger partial charge in [-0.1, -0.05) is 13.8 Å². The monoisotopic (exact) mass is 387 g/mol. The fraction of sp³-hybridized carbons (Fsp3) is 1.00. The van der Waals surface area contributed by atoms with Crippen molar-refractivity contribution >= 4 is 0 Å². The smallest absolute Gasteiger partial charge is 0.0100 e. The molecule has 27 heavy (non-hydrogen) atoms. The minimum atomic E-state index is 0.985. The van der Waals surface area contributed by atoms with Crippen LogP contribution in [0, 0.1) is 0 Å². The van der Waals surface area contributed by atoms with E-state index in [1.165, 1.54) is 51.4 Å². The first-order chi connectivity index (χ1) is 13.4. The highest BCUT2D eigenvalue weighted by Gasteiger charge is 1.93. The maximum Gasteiger partial charge on any atom is 0.0100 e. The predicted octanol–water partition coefficient (Wildman–Crippen LogP) is 1.10. The van der Waals surface area contributed by atoms with Crippen LogP contribution in [0.3, 0.4) is 0 Å². The molecule has 0 heterocycles. The molecule has 0 fully saturated rings. The summed E-state index contributed by atoms with van der Waals surface area (Å²) in [4.78, 5) is 0. The van der Waals surface area contributed by atoms with Gasteiger partial charge in [-0.25, -0.2) is 0 Å². The Morgan fingerprint density at radius 2 is 0.593 bits per heavy atom. The molecule has 0 aliphatic heterocycles. The number of rotatable bonds is 24. The summed E-state index contributed by atoms with van der Waals surface area (Å²) >= 11 is 0. The molecule has 0 unspecified atom stereocenters. The van der Waals surface area contributed by atoms with Gasteiger partial charge in [0.1, 0.15) is 0 Å². The minimum absolute atomic E-state index is 0.985. The maximum absolute atomic E-state index is 3.56. The second-order valence-corrected chi connectivity index (χ2v) is 6.99. The molecule has 0 amide bonds. The third-order valence-corrected chi connectivity index (χ3v) is 4.33. The highest BCUT2D eigenvalue weighted by Crippen LogP contribution is 1.90. The average Bonchev–Trinajstić information content (AvgIpc) is 2.68. The second kappa shape index (κ2) is 25.7. The zero-order valence-corrected chi connectivity index (χ0v) is 18.2. The molecule has 0 aromatic heterocycles. The van der Waals surface area contributed by atoms with Crippen molar-refractivity contribution in [2.45, 2.75) is 65.2 Å². The van der Waals surface area contributed by atoms with Gasteiger partial charge in [-0.15, -0.1) is 0 Å². The van der Waals surface area contributed by atoms with Crippen LogP contribution in [0.25, 0.3) is 0 Å². The Labute approximate surface area is 168 Å². The first-order valence-electron chi connectivity index (χ1n) is 11.4. The lowest BCUT2D eigenvalue weighted by atomic mass is 10.2. The highest BCUT2D eigenvalue weighted by molar-refractivity contribution is 4.55. The van der Waals surface area contributed by atoms with Gasteiger partial charge in [0.2, 0.25) is 0 Å². The Morgan fingerprint density at radius 1 is 0.333 bits per heavy atom. The molecule has 0 aliphatic carbocycles. The van der Waals surface area contributed by atoms with Crippen molar-refractivity contribution in [2.24, 2.45) is 0 Å². The maximum atomic E-state index is 3.56. The zero-order valence-electron chi connectivity index (χ0n) is 18.2. The fourth-order valence-electron chi connectivity index (χ4n) is 2.73. The Bertz CT molecular complexity index is 230. The van der Waals surface area contributed by atoms with E-state index in [2.05, 4.69) is 51.5 Å². The molecule has 0 aliphatic rings. The highest BCUT2D eigenvalue weighted by atomic mass is 15.3. The van der Waals surface area contributed by atoms with Crippen LogP contribution in [0.15, 0.2) is 0 Å². The Hall–Kier alpha value is -0.280. The third-order valence-electron chi connectivity index (χ3n) is 4.33. The molecule has 0 atom stereocenters. The van der Waals surface area contributed by atoms with Crippen molar-refractivity contribution in [1.29, 1.82) is 0 Å². The van der Waals surface area contributed by atoms with E-state index in [0.717, 1.165) is 65.4 Å². The summed E-state index contributed by atoms with van der Waals surface area (Å²) in [5.41, 5.74) is 12.7. The molecule has 0 spiro atoms. The Balaban J connectivity index is 2.95. The summed E-state index contributed by atoms with van der Waals surface area (Å²) < 4.78 is 0. The van der Waals surface area contributed by atoms with Crippen LogP contribution in [0.2, 0.25) is 0 Å². The normalized spacial score (nSPS) is 11.3. The summed E-state index contributed by atoms with van der Waals surface area (Å²) in [7, 11) is 0. The van der Waals surface area contributed by atoms with Gasteiger partial charge in [0.15, 0.2) is 0 Å². The lowest BCUT2D eigenvalue weighted by molar-refractivity contribution is 0.507. The summed E-state index contributed by atoms with van der Waals surface area (Å²) in [6.07, 6.45) is 10.0. The predicted molar refractivity (Wildman–Crippen MR) is 119 cm³/mol. The Morgan fingerprint density at radius 3 is 0.852 bits per heavy atom. The van der Waals surface area contributed by atoms with Crippen LogP contribution in [0.1, 0.15) is 65.2 Å². The Kier molecular flexibility index (Phi) is 25.5. The van der Waals surface area contributed by atoms with Crippen LogP contribution in [-0.4, -0.2) is 65.4 Å². The molecule has 0 bridgehead atoms. The molecular formula is C20H49N7. The van der Waals surface area contributed by atoms with E-state index in [-0.39, 0.29) is 0 Å². The number of nitrogens with one attached hydrogen (secondary N) is 7. The van der Waals surface area contributed by atoms with Crippen molar-refractivity contribution < 1.29 is 0 Å². The quantitative estimate of drug-likeness (QED) is 0.0987. The fourth-order valence-corrected chi connectivity index (χ4v) is 2.73. The van der Waals surface area contributed by atoms with Crippen LogP contribution < -0.4 is 37.7 Å². The average molecular weight is 388 g/mol. The molecule has 7 nitrogen and oxygen atoms in total. The summed E-state index contributed by atoms with van der Waals surface area (Å²) in [6, 6.07) is 0. The van der Waals surface area contributed by atoms with E-state index in [1.54, 1.807) is 0 Å². The van der Waals surface area contributed by atoms with Gasteiger partial charge < -0.3 is 16.0 Å². The molecule has 0 radical (unpaired) electrons. The minimum Gasteiger partial charge on any atom is -0.317 e. The summed E-state index contributed by atoms with van der Waals surface area (Å²) in [6.45, 7) is 15.2. The molecule has 0 saturated heterocycles. The largest absolute Gasteiger partial charge is 0.317 e. The van der Waals surface area contributed by atoms with Crippen LogP contribution >= 0.6 is 0 Å². The SMILES string of the molecule is CCNNCCCCNCCCCNCCCCNCCCCNNCC. The van der Waals surface area contributed by atoms with E-state index >= 15 is 0 Å². The number of hydrogen-bond donors (Lipinski definition) is 7. The molecule has 7 heteroatoms. The molecule has 0 saturated carbocycles. The van der Waals surface area contributed by atoms with Crippen molar-refractivity contribution in [3.63, 3.8) is 0 Å². The van der Waals surface area contributed by atoms with E-state index < -0.39 is 0 Å². The van der Waals surface area contributed by atoms with Crippen LogP contribution in [0.5, 0.6) is 0 Å². The molecule has 0 aromatic rings. The standard InChI is InChI=1S/C20H49N7/c1-3-24-26-19-11-9-17-22-15-7-5-13-21-14-6-8-16-23-18-10-12-20-27-25-4-2/h21-27H,3-20H2,1-2H3. The zero-order chi connectivity index (χ0) is 19.7. The third kappa shape index (κ3) is 25.7. The van der Waals surface area contributed by atoms with Gasteiger partial charge in [0.05, 0.1) is 0 Å². The number of hydrazine groups is 2. The summed E-state index contributed by atoms with van der Waals surface area (Å²) in [5.74, 6) is 0. The van der Waals surface area contributed by atoms with Gasteiger partial charge in [0, 0.05) is 26.2 Å². The van der Waals surface area contributed by atoms with Crippen molar-refractivity contribution in [1.82, 2.24) is 37.7 Å². The molecular weight excluding hydrogens is 338 g/mol. The lowest BCUT2D eigenvalue weighted by Gasteiger charge is -2.08. The van der Waals surface area contributed by atoms with Crippen molar-refractivity contribution in [3.05, 3.63) is 0 Å². The lowest BCUT2D eigenvalue weighted by Crippen LogP contribution is -2.32.